The lowest BCUT2D eigenvalue weighted by molar-refractivity contribution is -0.867. The van der Waals surface area contributed by atoms with Gasteiger partial charge in [0.25, 0.3) is 0 Å². The molecular formula is C30H64N2O5P+. The number of hydrogen-bond acceptors (Lipinski definition) is 5. The number of aliphatic hydroxyl groups is 1. The maximum atomic E-state index is 12.3. The fourth-order valence-electron chi connectivity index (χ4n) is 5.09. The van der Waals surface area contributed by atoms with E-state index in [9.17, 15) is 14.6 Å². The van der Waals surface area contributed by atoms with E-state index in [-0.39, 0.29) is 18.7 Å². The first-order valence-corrected chi connectivity index (χ1v) is 17.7. The van der Waals surface area contributed by atoms with E-state index in [1.165, 1.54) is 89.9 Å². The Kier molecular flexibility index (Phi) is 20.6. The van der Waals surface area contributed by atoms with Gasteiger partial charge in [0.15, 0.2) is 0 Å². The average Bonchev–Trinajstić information content (AvgIpc) is 2.88. The minimum absolute atomic E-state index is 0.141. The maximum absolute atomic E-state index is 12.3. The van der Waals surface area contributed by atoms with Gasteiger partial charge < -0.3 is 23.7 Å². The Morgan fingerprint density at radius 1 is 0.868 bits per heavy atom. The van der Waals surface area contributed by atoms with E-state index in [1.54, 1.807) is 0 Å². The molecule has 0 aromatic rings. The molecule has 8 heteroatoms. The number of piperidine rings is 1. The first-order chi connectivity index (χ1) is 18.1. The molecule has 228 valence electrons. The zero-order valence-corrected chi connectivity index (χ0v) is 26.5. The summed E-state index contributed by atoms with van der Waals surface area (Å²) in [6, 6.07) is 0. The lowest BCUT2D eigenvalue weighted by Gasteiger charge is -2.35. The molecular weight excluding hydrogens is 499 g/mol. The number of rotatable bonds is 25. The van der Waals surface area contributed by atoms with E-state index in [0.717, 1.165) is 32.2 Å². The topological polar surface area (TPSA) is 79.2 Å². The second kappa shape index (κ2) is 21.7. The van der Waals surface area contributed by atoms with Crippen molar-refractivity contribution < 1.29 is 28.3 Å². The maximum Gasteiger partial charge on any atom is 0.333 e. The van der Waals surface area contributed by atoms with Crippen LogP contribution in [0.1, 0.15) is 122 Å². The van der Waals surface area contributed by atoms with Gasteiger partial charge in [0.05, 0.1) is 47.1 Å². The Morgan fingerprint density at radius 2 is 1.37 bits per heavy atom. The zero-order valence-electron chi connectivity index (χ0n) is 25.6. The van der Waals surface area contributed by atoms with Crippen molar-refractivity contribution in [3.8, 4) is 0 Å². The molecule has 0 saturated carbocycles. The third kappa shape index (κ3) is 20.8. The molecule has 3 atom stereocenters. The molecule has 0 amide bonds. The van der Waals surface area contributed by atoms with Crippen LogP contribution in [0.25, 0.3) is 0 Å². The highest BCUT2D eigenvalue weighted by atomic mass is 31.2. The Balaban J connectivity index is 1.98. The highest BCUT2D eigenvalue weighted by Gasteiger charge is 2.29. The van der Waals surface area contributed by atoms with Gasteiger partial charge in [-0.15, -0.1) is 0 Å². The summed E-state index contributed by atoms with van der Waals surface area (Å²) < 4.78 is 24.1. The summed E-state index contributed by atoms with van der Waals surface area (Å²) in [6.45, 7) is 5.13. The minimum Gasteiger partial charge on any atom is -0.356 e. The van der Waals surface area contributed by atoms with Crippen LogP contribution in [0, 0.1) is 5.92 Å². The van der Waals surface area contributed by atoms with Gasteiger partial charge in [-0.1, -0.05) is 103 Å². The van der Waals surface area contributed by atoms with E-state index in [0.29, 0.717) is 24.2 Å². The predicted octanol–water partition coefficient (Wildman–Crippen LogP) is 7.16. The van der Waals surface area contributed by atoms with Gasteiger partial charge in [-0.3, -0.25) is 9.46 Å². The minimum atomic E-state index is -3.58. The molecule has 1 fully saturated rings. The van der Waals surface area contributed by atoms with E-state index < -0.39 is 14.0 Å². The molecule has 0 radical (unpaired) electrons. The van der Waals surface area contributed by atoms with Crippen molar-refractivity contribution in [2.24, 2.45) is 5.92 Å². The smallest absolute Gasteiger partial charge is 0.333 e. The molecule has 1 rings (SSSR count). The summed E-state index contributed by atoms with van der Waals surface area (Å²) in [5.74, 6) is 0.141. The van der Waals surface area contributed by atoms with Crippen LogP contribution in [-0.2, 0) is 13.8 Å². The second-order valence-electron chi connectivity index (χ2n) is 12.7. The van der Waals surface area contributed by atoms with Gasteiger partial charge in [-0.2, -0.15) is 0 Å². The molecule has 1 heterocycles. The van der Waals surface area contributed by atoms with E-state index in [4.69, 9.17) is 9.26 Å². The van der Waals surface area contributed by atoms with Crippen LogP contribution in [0.3, 0.4) is 0 Å². The fourth-order valence-corrected chi connectivity index (χ4v) is 6.52. The van der Waals surface area contributed by atoms with E-state index in [2.05, 4.69) is 6.92 Å². The first-order valence-electron chi connectivity index (χ1n) is 15.9. The van der Waals surface area contributed by atoms with Crippen LogP contribution in [0.2, 0.25) is 0 Å². The lowest BCUT2D eigenvalue weighted by atomic mass is 9.99. The van der Waals surface area contributed by atoms with Crippen molar-refractivity contribution in [1.82, 2.24) is 4.90 Å². The molecule has 1 aliphatic heterocycles. The zero-order chi connectivity index (χ0) is 28.1. The molecule has 0 aromatic heterocycles. The van der Waals surface area contributed by atoms with Crippen LogP contribution >= 0.6 is 7.60 Å². The van der Waals surface area contributed by atoms with Crippen molar-refractivity contribution in [1.29, 1.82) is 0 Å². The molecule has 1 aliphatic rings. The van der Waals surface area contributed by atoms with Crippen molar-refractivity contribution in [2.75, 3.05) is 60.2 Å². The van der Waals surface area contributed by atoms with Crippen LogP contribution in [0.15, 0.2) is 0 Å². The quantitative estimate of drug-likeness (QED) is 0.0531. The monoisotopic (exact) mass is 563 g/mol. The predicted molar refractivity (Wildman–Crippen MR) is 159 cm³/mol. The third-order valence-corrected chi connectivity index (χ3v) is 9.01. The molecule has 0 bridgehead atoms. The van der Waals surface area contributed by atoms with E-state index >= 15 is 0 Å². The number of aliphatic hydroxyl groups excluding tert-OH is 1. The van der Waals surface area contributed by atoms with E-state index in [1.807, 2.05) is 26.0 Å². The van der Waals surface area contributed by atoms with Crippen LogP contribution in [-0.4, -0.2) is 85.9 Å². The highest BCUT2D eigenvalue weighted by molar-refractivity contribution is 7.52. The Hall–Kier alpha value is -0.0100. The number of quaternary nitrogens is 1. The second-order valence-corrected chi connectivity index (χ2v) is 14.7. The summed E-state index contributed by atoms with van der Waals surface area (Å²) in [5.41, 5.74) is 0. The summed E-state index contributed by atoms with van der Waals surface area (Å²) in [5, 5.41) is 10.5. The normalized spacial score (nSPS) is 19.5. The Morgan fingerprint density at radius 3 is 1.87 bits per heavy atom. The van der Waals surface area contributed by atoms with Gasteiger partial charge in [0.2, 0.25) is 6.41 Å². The number of nitrogens with zero attached hydrogens (tertiary/aromatic N) is 2. The molecule has 0 aliphatic carbocycles. The Bertz CT molecular complexity index is 602. The van der Waals surface area contributed by atoms with Gasteiger partial charge in [0, 0.05) is 13.1 Å². The van der Waals surface area contributed by atoms with Crippen molar-refractivity contribution in [3.63, 3.8) is 0 Å². The molecule has 7 nitrogen and oxygen atoms in total. The largest absolute Gasteiger partial charge is 0.356 e. The molecule has 38 heavy (non-hydrogen) atoms. The number of unbranched alkanes of at least 4 members (excludes halogenated alkanes) is 15. The summed E-state index contributed by atoms with van der Waals surface area (Å²) >= 11 is 0. The van der Waals surface area contributed by atoms with Crippen LogP contribution in [0.4, 0.5) is 0 Å². The van der Waals surface area contributed by atoms with Gasteiger partial charge in [0.1, 0.15) is 0 Å². The average molecular weight is 564 g/mol. The van der Waals surface area contributed by atoms with Crippen LogP contribution in [0.5, 0.6) is 0 Å². The van der Waals surface area contributed by atoms with Gasteiger partial charge in [-0.05, 0) is 25.2 Å². The lowest BCUT2D eigenvalue weighted by Crippen LogP contribution is -2.45. The third-order valence-electron chi connectivity index (χ3n) is 7.69. The summed E-state index contributed by atoms with van der Waals surface area (Å²) in [6.07, 6.45) is 22.6. The number of hydrogen-bond donors (Lipinski definition) is 2. The molecule has 0 spiro atoms. The van der Waals surface area contributed by atoms with Crippen molar-refractivity contribution in [3.05, 3.63) is 0 Å². The van der Waals surface area contributed by atoms with Crippen molar-refractivity contribution in [2.45, 2.75) is 129 Å². The highest BCUT2D eigenvalue weighted by Crippen LogP contribution is 2.42. The van der Waals surface area contributed by atoms with Crippen molar-refractivity contribution >= 4 is 7.60 Å². The van der Waals surface area contributed by atoms with Gasteiger partial charge >= 0.3 is 7.60 Å². The number of likely N-dealkylation sites (tertiary alicyclic amines) is 1. The van der Waals surface area contributed by atoms with Crippen LogP contribution < -0.4 is 0 Å². The fraction of sp³-hybridized carbons (Fsp3) is 1.00. The molecule has 0 aromatic carbocycles. The molecule has 1 saturated heterocycles. The SMILES string of the molecule is CCCCCCCCCCCCCCCCCCOC(O)N1CCCC(COP(=O)(O)CC[N+](C)(C)C)C1. The Labute approximate surface area is 235 Å². The standard InChI is InChI=1S/C30H63N2O5P/c1-5-6-7-8-9-10-11-12-13-14-15-16-17-18-19-20-25-36-30(33)31-23-21-22-29(27-31)28-37-38(34,35)26-24-32(2,3)4/h29-30,33H,5-28H2,1-4H3/p+1. The summed E-state index contributed by atoms with van der Waals surface area (Å²) in [4.78, 5) is 12.1. The first kappa shape index (κ1) is 36.0. The van der Waals surface area contributed by atoms with Gasteiger partial charge in [-0.25, -0.2) is 0 Å². The molecule has 3 unspecified atom stereocenters. The number of ether oxygens (including phenoxy) is 1. The summed E-state index contributed by atoms with van der Waals surface area (Å²) in [7, 11) is 2.43. The molecule has 2 N–H and O–H groups in total.